The first-order valence-corrected chi connectivity index (χ1v) is 8.03. The highest BCUT2D eigenvalue weighted by Crippen LogP contribution is 2.18. The molecule has 0 saturated carbocycles. The molecule has 0 radical (unpaired) electrons. The van der Waals surface area contributed by atoms with Crippen LogP contribution in [0.1, 0.15) is 32.2 Å². The summed E-state index contributed by atoms with van der Waals surface area (Å²) in [6.45, 7) is 7.68. The Hall–Kier alpha value is -1.49. The van der Waals surface area contributed by atoms with Crippen molar-refractivity contribution in [3.8, 4) is 5.75 Å². The van der Waals surface area contributed by atoms with Gasteiger partial charge in [-0.2, -0.15) is 0 Å². The third-order valence-electron chi connectivity index (χ3n) is 3.08. The summed E-state index contributed by atoms with van der Waals surface area (Å²) in [5.41, 5.74) is 1.32. The smallest absolute Gasteiger partial charge is 0.191 e. The van der Waals surface area contributed by atoms with Gasteiger partial charge in [0.25, 0.3) is 0 Å². The summed E-state index contributed by atoms with van der Waals surface area (Å²) in [5, 5.41) is 9.40. The fourth-order valence-corrected chi connectivity index (χ4v) is 2.70. The maximum Gasteiger partial charge on any atom is 0.191 e. The third-order valence-corrected chi connectivity index (χ3v) is 3.93. The van der Waals surface area contributed by atoms with Gasteiger partial charge in [-0.25, -0.2) is 0 Å². The van der Waals surface area contributed by atoms with E-state index in [1.54, 1.807) is 11.8 Å². The molecule has 2 rings (SSSR count). The first-order valence-electron chi connectivity index (χ1n) is 7.05. The Bertz CT molecular complexity index is 537. The van der Waals surface area contributed by atoms with Crippen LogP contribution in [-0.2, 0) is 19.6 Å². The quantitative estimate of drug-likeness (QED) is 0.731. The molecular formula is C15H21N3OS. The lowest BCUT2D eigenvalue weighted by atomic mass is 10.2. The fourth-order valence-electron chi connectivity index (χ4n) is 1.95. The summed E-state index contributed by atoms with van der Waals surface area (Å²) < 4.78 is 7.90. The standard InChI is InChI=1S/C15H21N3OS/c1-4-12-7-9-13(10-8-12)19-11-14-16-17-15(20-6-3)18(14)5-2/h7-10H,4-6,11H2,1-3H3. The number of aromatic nitrogens is 3. The zero-order valence-electron chi connectivity index (χ0n) is 12.3. The molecule has 0 bridgehead atoms. The van der Waals surface area contributed by atoms with E-state index in [0.717, 1.165) is 35.4 Å². The van der Waals surface area contributed by atoms with Gasteiger partial charge >= 0.3 is 0 Å². The number of benzene rings is 1. The van der Waals surface area contributed by atoms with E-state index in [9.17, 15) is 0 Å². The summed E-state index contributed by atoms with van der Waals surface area (Å²) in [6, 6.07) is 8.21. The number of aryl methyl sites for hydroxylation is 1. The molecule has 1 heterocycles. The van der Waals surface area contributed by atoms with Crippen molar-refractivity contribution < 1.29 is 4.74 Å². The van der Waals surface area contributed by atoms with Crippen LogP contribution in [-0.4, -0.2) is 20.5 Å². The number of rotatable bonds is 7. The first-order chi connectivity index (χ1) is 9.78. The monoisotopic (exact) mass is 291 g/mol. The molecule has 0 unspecified atom stereocenters. The number of hydrogen-bond acceptors (Lipinski definition) is 4. The number of ether oxygens (including phenoxy) is 1. The molecule has 20 heavy (non-hydrogen) atoms. The molecule has 0 N–H and O–H groups in total. The molecule has 4 nitrogen and oxygen atoms in total. The molecule has 0 atom stereocenters. The second kappa shape index (κ2) is 7.33. The lowest BCUT2D eigenvalue weighted by Gasteiger charge is -2.08. The molecule has 0 aliphatic carbocycles. The van der Waals surface area contributed by atoms with Crippen molar-refractivity contribution >= 4 is 11.8 Å². The van der Waals surface area contributed by atoms with Crippen LogP contribution in [0.2, 0.25) is 0 Å². The van der Waals surface area contributed by atoms with Gasteiger partial charge in [0.2, 0.25) is 0 Å². The van der Waals surface area contributed by atoms with Crippen LogP contribution in [0.4, 0.5) is 0 Å². The molecule has 0 aliphatic heterocycles. The van der Waals surface area contributed by atoms with E-state index >= 15 is 0 Å². The Morgan fingerprint density at radius 2 is 1.85 bits per heavy atom. The summed E-state index contributed by atoms with van der Waals surface area (Å²) in [5.74, 6) is 2.75. The van der Waals surface area contributed by atoms with Crippen LogP contribution >= 0.6 is 11.8 Å². The summed E-state index contributed by atoms with van der Waals surface area (Å²) in [7, 11) is 0. The zero-order chi connectivity index (χ0) is 14.4. The van der Waals surface area contributed by atoms with Crippen LogP contribution in [0.3, 0.4) is 0 Å². The van der Waals surface area contributed by atoms with Crippen molar-refractivity contribution in [2.24, 2.45) is 0 Å². The highest BCUT2D eigenvalue weighted by atomic mass is 32.2. The van der Waals surface area contributed by atoms with Gasteiger partial charge in [0.05, 0.1) is 0 Å². The van der Waals surface area contributed by atoms with E-state index < -0.39 is 0 Å². The van der Waals surface area contributed by atoms with Gasteiger partial charge in [-0.05, 0) is 36.8 Å². The minimum Gasteiger partial charge on any atom is -0.486 e. The Balaban J connectivity index is 2.02. The van der Waals surface area contributed by atoms with E-state index in [0.29, 0.717) is 6.61 Å². The molecule has 0 saturated heterocycles. The van der Waals surface area contributed by atoms with Crippen LogP contribution in [0.15, 0.2) is 29.4 Å². The Morgan fingerprint density at radius 1 is 1.10 bits per heavy atom. The molecule has 2 aromatic rings. The Morgan fingerprint density at radius 3 is 2.45 bits per heavy atom. The van der Waals surface area contributed by atoms with Crippen LogP contribution in [0.5, 0.6) is 5.75 Å². The zero-order valence-corrected chi connectivity index (χ0v) is 13.1. The third kappa shape index (κ3) is 3.54. The predicted molar refractivity (Wildman–Crippen MR) is 82.2 cm³/mol. The maximum absolute atomic E-state index is 5.79. The van der Waals surface area contributed by atoms with Crippen molar-refractivity contribution in [3.63, 3.8) is 0 Å². The van der Waals surface area contributed by atoms with Gasteiger partial charge in [-0.3, -0.25) is 0 Å². The number of nitrogens with zero attached hydrogens (tertiary/aromatic N) is 3. The molecule has 0 fully saturated rings. The minimum atomic E-state index is 0.455. The normalized spacial score (nSPS) is 10.8. The topological polar surface area (TPSA) is 39.9 Å². The minimum absolute atomic E-state index is 0.455. The molecule has 1 aromatic carbocycles. The second-order valence-electron chi connectivity index (χ2n) is 4.36. The summed E-state index contributed by atoms with van der Waals surface area (Å²) in [4.78, 5) is 0. The van der Waals surface area contributed by atoms with E-state index in [-0.39, 0.29) is 0 Å². The average Bonchev–Trinajstić information content (AvgIpc) is 2.88. The lowest BCUT2D eigenvalue weighted by Crippen LogP contribution is -2.07. The Kier molecular flexibility index (Phi) is 5.47. The molecular weight excluding hydrogens is 270 g/mol. The van der Waals surface area contributed by atoms with Crippen molar-refractivity contribution in [1.82, 2.24) is 14.8 Å². The van der Waals surface area contributed by atoms with Crippen LogP contribution < -0.4 is 4.74 Å². The van der Waals surface area contributed by atoms with Crippen molar-refractivity contribution in [1.29, 1.82) is 0 Å². The molecule has 0 aliphatic rings. The van der Waals surface area contributed by atoms with Gasteiger partial charge in [0.15, 0.2) is 11.0 Å². The highest BCUT2D eigenvalue weighted by molar-refractivity contribution is 7.99. The number of hydrogen-bond donors (Lipinski definition) is 0. The van der Waals surface area contributed by atoms with E-state index in [1.807, 2.05) is 12.1 Å². The second-order valence-corrected chi connectivity index (χ2v) is 5.59. The largest absolute Gasteiger partial charge is 0.486 e. The van der Waals surface area contributed by atoms with Crippen molar-refractivity contribution in [3.05, 3.63) is 35.7 Å². The fraction of sp³-hybridized carbons (Fsp3) is 0.467. The van der Waals surface area contributed by atoms with Gasteiger partial charge in [-0.15, -0.1) is 10.2 Å². The van der Waals surface area contributed by atoms with E-state index in [4.69, 9.17) is 4.74 Å². The SMILES string of the molecule is CCSc1nnc(COc2ccc(CC)cc2)n1CC. The van der Waals surface area contributed by atoms with Crippen LogP contribution in [0.25, 0.3) is 0 Å². The summed E-state index contributed by atoms with van der Waals surface area (Å²) >= 11 is 1.71. The first kappa shape index (κ1) is 14.9. The number of thioether (sulfide) groups is 1. The lowest BCUT2D eigenvalue weighted by molar-refractivity contribution is 0.288. The van der Waals surface area contributed by atoms with Gasteiger partial charge in [0.1, 0.15) is 12.4 Å². The van der Waals surface area contributed by atoms with Crippen molar-refractivity contribution in [2.75, 3.05) is 5.75 Å². The molecule has 5 heteroatoms. The summed E-state index contributed by atoms with van der Waals surface area (Å²) in [6.07, 6.45) is 1.04. The van der Waals surface area contributed by atoms with Gasteiger partial charge < -0.3 is 9.30 Å². The molecule has 0 spiro atoms. The van der Waals surface area contributed by atoms with Crippen LogP contribution in [0, 0.1) is 0 Å². The predicted octanol–water partition coefficient (Wildman–Crippen LogP) is 3.55. The van der Waals surface area contributed by atoms with E-state index in [1.165, 1.54) is 5.56 Å². The average molecular weight is 291 g/mol. The van der Waals surface area contributed by atoms with E-state index in [2.05, 4.69) is 47.7 Å². The molecule has 108 valence electrons. The van der Waals surface area contributed by atoms with Gasteiger partial charge in [0, 0.05) is 6.54 Å². The van der Waals surface area contributed by atoms with Crippen molar-refractivity contribution in [2.45, 2.75) is 45.5 Å². The molecule has 1 aromatic heterocycles. The maximum atomic E-state index is 5.79. The Labute approximate surface area is 124 Å². The highest BCUT2D eigenvalue weighted by Gasteiger charge is 2.11. The van der Waals surface area contributed by atoms with Gasteiger partial charge in [-0.1, -0.05) is 37.7 Å². The molecule has 0 amide bonds.